The minimum Gasteiger partial charge on any atom is -0.444 e. The zero-order valence-corrected chi connectivity index (χ0v) is 12.1. The molecule has 0 spiro atoms. The maximum Gasteiger partial charge on any atom is 0.211 e. The van der Waals surface area contributed by atoms with Crippen molar-refractivity contribution in [3.05, 3.63) is 17.8 Å². The predicted molar refractivity (Wildman–Crippen MR) is 72.5 cm³/mol. The minimum absolute atomic E-state index is 0.258. The number of piperidine rings is 1. The van der Waals surface area contributed by atoms with Gasteiger partial charge in [0.2, 0.25) is 5.89 Å². The van der Waals surface area contributed by atoms with Gasteiger partial charge in [0, 0.05) is 18.6 Å². The first kappa shape index (κ1) is 13.6. The summed E-state index contributed by atoms with van der Waals surface area (Å²) in [6.07, 6.45) is 2.99. The van der Waals surface area contributed by atoms with Crippen molar-refractivity contribution in [3.63, 3.8) is 0 Å². The number of oxazole rings is 1. The van der Waals surface area contributed by atoms with Gasteiger partial charge in [-0.1, -0.05) is 6.92 Å². The molecule has 0 aromatic carbocycles. The lowest BCUT2D eigenvalue weighted by Gasteiger charge is -2.44. The molecule has 102 valence electrons. The molecule has 0 bridgehead atoms. The lowest BCUT2D eigenvalue weighted by molar-refractivity contribution is 0.0443. The van der Waals surface area contributed by atoms with Gasteiger partial charge in [-0.25, -0.2) is 4.98 Å². The third-order valence-corrected chi connectivity index (χ3v) is 4.48. The average Bonchev–Trinajstić information content (AvgIpc) is 2.78. The second-order valence-electron chi connectivity index (χ2n) is 5.51. The lowest BCUT2D eigenvalue weighted by Crippen LogP contribution is -2.53. The largest absolute Gasteiger partial charge is 0.444 e. The van der Waals surface area contributed by atoms with E-state index in [4.69, 9.17) is 4.42 Å². The van der Waals surface area contributed by atoms with Crippen molar-refractivity contribution in [3.8, 4) is 0 Å². The molecule has 1 aliphatic heterocycles. The van der Waals surface area contributed by atoms with E-state index in [0.717, 1.165) is 18.2 Å². The zero-order chi connectivity index (χ0) is 13.3. The van der Waals surface area contributed by atoms with E-state index in [0.29, 0.717) is 18.0 Å². The molecule has 0 radical (unpaired) electrons. The summed E-state index contributed by atoms with van der Waals surface area (Å²) in [6.45, 7) is 9.86. The third-order valence-electron chi connectivity index (χ3n) is 4.48. The number of aryl methyl sites for hydroxylation is 1. The highest BCUT2D eigenvalue weighted by Gasteiger charge is 2.35. The van der Waals surface area contributed by atoms with Crippen molar-refractivity contribution >= 4 is 0 Å². The van der Waals surface area contributed by atoms with Crippen LogP contribution >= 0.6 is 0 Å². The van der Waals surface area contributed by atoms with Gasteiger partial charge in [-0.2, -0.15) is 0 Å². The summed E-state index contributed by atoms with van der Waals surface area (Å²) >= 11 is 0. The SMILES string of the molecule is CNC1CCN(C(C)c2ncc(C)o2)C(C)C1C. The maximum absolute atomic E-state index is 5.67. The molecular weight excluding hydrogens is 226 g/mol. The van der Waals surface area contributed by atoms with Crippen LogP contribution in [0.25, 0.3) is 0 Å². The molecule has 4 atom stereocenters. The molecule has 18 heavy (non-hydrogen) atoms. The monoisotopic (exact) mass is 251 g/mol. The summed E-state index contributed by atoms with van der Waals surface area (Å²) in [6, 6.07) is 1.42. The molecule has 0 saturated carbocycles. The maximum atomic E-state index is 5.67. The van der Waals surface area contributed by atoms with Crippen LogP contribution < -0.4 is 5.32 Å². The van der Waals surface area contributed by atoms with Gasteiger partial charge in [0.1, 0.15) is 5.76 Å². The smallest absolute Gasteiger partial charge is 0.211 e. The second-order valence-corrected chi connectivity index (χ2v) is 5.51. The van der Waals surface area contributed by atoms with Gasteiger partial charge in [-0.15, -0.1) is 0 Å². The van der Waals surface area contributed by atoms with Gasteiger partial charge in [-0.05, 0) is 40.2 Å². The van der Waals surface area contributed by atoms with Crippen LogP contribution in [0.2, 0.25) is 0 Å². The van der Waals surface area contributed by atoms with E-state index >= 15 is 0 Å². The van der Waals surface area contributed by atoms with Crippen LogP contribution in [-0.4, -0.2) is 35.6 Å². The molecular formula is C14H25N3O. The molecule has 4 unspecified atom stereocenters. The Labute approximate surface area is 110 Å². The fourth-order valence-electron chi connectivity index (χ4n) is 3.05. The summed E-state index contributed by atoms with van der Waals surface area (Å²) < 4.78 is 5.67. The van der Waals surface area contributed by atoms with Crippen molar-refractivity contribution in [2.45, 2.75) is 52.2 Å². The molecule has 1 aromatic heterocycles. The number of hydrogen-bond acceptors (Lipinski definition) is 4. The summed E-state index contributed by atoms with van der Waals surface area (Å²) in [7, 11) is 2.06. The standard InChI is InChI=1S/C14H25N3O/c1-9-8-16-14(18-9)12(4)17-7-6-13(15-5)10(2)11(17)3/h8,10-13,15H,6-7H2,1-5H3. The topological polar surface area (TPSA) is 41.3 Å². The van der Waals surface area contributed by atoms with Crippen LogP contribution in [0.3, 0.4) is 0 Å². The molecule has 4 nitrogen and oxygen atoms in total. The third kappa shape index (κ3) is 2.45. The quantitative estimate of drug-likeness (QED) is 0.895. The summed E-state index contributed by atoms with van der Waals surface area (Å²) in [5.74, 6) is 2.37. The van der Waals surface area contributed by atoms with Crippen molar-refractivity contribution < 1.29 is 4.42 Å². The number of nitrogens with one attached hydrogen (secondary N) is 1. The molecule has 2 rings (SSSR count). The summed E-state index contributed by atoms with van der Waals surface area (Å²) in [5.41, 5.74) is 0. The Morgan fingerprint density at radius 2 is 2.22 bits per heavy atom. The molecule has 1 saturated heterocycles. The fraction of sp³-hybridized carbons (Fsp3) is 0.786. The summed E-state index contributed by atoms with van der Waals surface area (Å²) in [4.78, 5) is 6.87. The molecule has 1 fully saturated rings. The van der Waals surface area contributed by atoms with Crippen molar-refractivity contribution in [2.75, 3.05) is 13.6 Å². The highest BCUT2D eigenvalue weighted by Crippen LogP contribution is 2.31. The molecule has 4 heteroatoms. The van der Waals surface area contributed by atoms with Crippen LogP contribution in [0, 0.1) is 12.8 Å². The van der Waals surface area contributed by atoms with Crippen molar-refractivity contribution in [2.24, 2.45) is 5.92 Å². The van der Waals surface area contributed by atoms with Gasteiger partial charge in [0.15, 0.2) is 0 Å². The van der Waals surface area contributed by atoms with Crippen LogP contribution in [0.1, 0.15) is 44.9 Å². The Hall–Kier alpha value is -0.870. The number of rotatable bonds is 3. The highest BCUT2D eigenvalue weighted by atomic mass is 16.4. The van der Waals surface area contributed by atoms with Crippen molar-refractivity contribution in [1.29, 1.82) is 0 Å². The Kier molecular flexibility index (Phi) is 4.07. The van der Waals surface area contributed by atoms with E-state index in [1.807, 2.05) is 6.92 Å². The van der Waals surface area contributed by atoms with Gasteiger partial charge >= 0.3 is 0 Å². The Bertz CT molecular complexity index is 390. The summed E-state index contributed by atoms with van der Waals surface area (Å²) in [5, 5.41) is 3.42. The highest BCUT2D eigenvalue weighted by molar-refractivity contribution is 4.99. The van der Waals surface area contributed by atoms with Crippen LogP contribution in [-0.2, 0) is 0 Å². The minimum atomic E-state index is 0.258. The van der Waals surface area contributed by atoms with Gasteiger partial charge in [-0.3, -0.25) is 4.90 Å². The normalized spacial score (nSPS) is 31.5. The van der Waals surface area contributed by atoms with E-state index < -0.39 is 0 Å². The molecule has 0 aliphatic carbocycles. The van der Waals surface area contributed by atoms with E-state index in [-0.39, 0.29) is 6.04 Å². The number of aromatic nitrogens is 1. The Balaban J connectivity index is 2.09. The molecule has 2 heterocycles. The second kappa shape index (κ2) is 5.41. The predicted octanol–water partition coefficient (Wildman–Crippen LogP) is 2.36. The Morgan fingerprint density at radius 3 is 2.78 bits per heavy atom. The van der Waals surface area contributed by atoms with E-state index in [9.17, 15) is 0 Å². The molecule has 1 aromatic rings. The average molecular weight is 251 g/mol. The number of hydrogen-bond donors (Lipinski definition) is 1. The van der Waals surface area contributed by atoms with Crippen molar-refractivity contribution in [1.82, 2.24) is 15.2 Å². The Morgan fingerprint density at radius 1 is 1.50 bits per heavy atom. The van der Waals surface area contributed by atoms with E-state index in [1.54, 1.807) is 6.20 Å². The molecule has 1 N–H and O–H groups in total. The van der Waals surface area contributed by atoms with Crippen LogP contribution in [0.5, 0.6) is 0 Å². The fourth-order valence-corrected chi connectivity index (χ4v) is 3.05. The van der Waals surface area contributed by atoms with Crippen LogP contribution in [0.15, 0.2) is 10.6 Å². The van der Waals surface area contributed by atoms with Crippen LogP contribution in [0.4, 0.5) is 0 Å². The van der Waals surface area contributed by atoms with Gasteiger partial charge in [0.05, 0.1) is 12.2 Å². The first-order chi connectivity index (χ1) is 8.54. The molecule has 1 aliphatic rings. The van der Waals surface area contributed by atoms with Gasteiger partial charge in [0.25, 0.3) is 0 Å². The first-order valence-electron chi connectivity index (χ1n) is 6.90. The zero-order valence-electron chi connectivity index (χ0n) is 12.1. The number of nitrogens with zero attached hydrogens (tertiary/aromatic N) is 2. The number of likely N-dealkylation sites (tertiary alicyclic amines) is 1. The first-order valence-corrected chi connectivity index (χ1v) is 6.90. The van der Waals surface area contributed by atoms with E-state index in [2.05, 4.69) is 43.0 Å². The van der Waals surface area contributed by atoms with E-state index in [1.165, 1.54) is 6.42 Å². The lowest BCUT2D eigenvalue weighted by atomic mass is 9.86. The molecule has 0 amide bonds. The van der Waals surface area contributed by atoms with Gasteiger partial charge < -0.3 is 9.73 Å².